The maximum atomic E-state index is 12.3. The molecule has 4 aliphatic rings. The Hall–Kier alpha value is -1.06. The Labute approximate surface area is 138 Å². The SMILES string of the molecule is CC12CCC3C(CC3(C)C)[C@@]3(C1)OC(=O)CC(C(=O)O)C3CC2. The van der Waals surface area contributed by atoms with Gasteiger partial charge in [-0.25, -0.2) is 0 Å². The van der Waals surface area contributed by atoms with Crippen molar-refractivity contribution in [2.45, 2.75) is 71.3 Å². The van der Waals surface area contributed by atoms with E-state index in [9.17, 15) is 14.7 Å². The summed E-state index contributed by atoms with van der Waals surface area (Å²) in [4.78, 5) is 24.1. The molecular formula is C19H28O4. The summed E-state index contributed by atoms with van der Waals surface area (Å²) in [5, 5.41) is 9.69. The van der Waals surface area contributed by atoms with E-state index in [1.54, 1.807) is 0 Å². The van der Waals surface area contributed by atoms with Crippen molar-refractivity contribution in [3.05, 3.63) is 0 Å². The van der Waals surface area contributed by atoms with Crippen molar-refractivity contribution in [1.29, 1.82) is 0 Å². The van der Waals surface area contributed by atoms with Crippen LogP contribution in [0.4, 0.5) is 0 Å². The smallest absolute Gasteiger partial charge is 0.307 e. The topological polar surface area (TPSA) is 63.6 Å². The minimum Gasteiger partial charge on any atom is -0.481 e. The van der Waals surface area contributed by atoms with Gasteiger partial charge in [-0.3, -0.25) is 9.59 Å². The average Bonchev–Trinajstić information content (AvgIpc) is 2.49. The maximum absolute atomic E-state index is 12.3. The van der Waals surface area contributed by atoms with Crippen LogP contribution in [0.3, 0.4) is 0 Å². The van der Waals surface area contributed by atoms with Crippen LogP contribution in [-0.2, 0) is 14.3 Å². The van der Waals surface area contributed by atoms with Gasteiger partial charge in [0, 0.05) is 11.8 Å². The fraction of sp³-hybridized carbons (Fsp3) is 0.895. The molecule has 3 saturated carbocycles. The lowest BCUT2D eigenvalue weighted by Gasteiger charge is -2.63. The number of carbonyl (C=O) groups is 2. The minimum atomic E-state index is -0.811. The molecule has 1 N–H and O–H groups in total. The molecule has 6 atom stereocenters. The number of carboxylic acid groups (broad SMARTS) is 1. The summed E-state index contributed by atoms with van der Waals surface area (Å²) < 4.78 is 6.10. The van der Waals surface area contributed by atoms with Gasteiger partial charge < -0.3 is 9.84 Å². The van der Waals surface area contributed by atoms with Gasteiger partial charge in [0.25, 0.3) is 0 Å². The lowest BCUT2D eigenvalue weighted by Crippen LogP contribution is -2.65. The van der Waals surface area contributed by atoms with Crippen LogP contribution >= 0.6 is 0 Å². The summed E-state index contributed by atoms with van der Waals surface area (Å²) in [6, 6.07) is 0. The fourth-order valence-corrected chi connectivity index (χ4v) is 6.67. The molecule has 1 saturated heterocycles. The van der Waals surface area contributed by atoms with Gasteiger partial charge in [0.05, 0.1) is 12.3 Å². The highest BCUT2D eigenvalue weighted by atomic mass is 16.6. The molecule has 0 amide bonds. The highest BCUT2D eigenvalue weighted by molar-refractivity contribution is 5.81. The number of hydrogen-bond acceptors (Lipinski definition) is 3. The second kappa shape index (κ2) is 4.52. The molecule has 0 radical (unpaired) electrons. The van der Waals surface area contributed by atoms with Gasteiger partial charge in [-0.05, 0) is 55.3 Å². The monoisotopic (exact) mass is 320 g/mol. The number of hydrogen-bond donors (Lipinski definition) is 1. The molecule has 128 valence electrons. The molecular weight excluding hydrogens is 292 g/mol. The van der Waals surface area contributed by atoms with Gasteiger partial charge in [0.1, 0.15) is 5.60 Å². The molecule has 1 spiro atoms. The first-order valence-electron chi connectivity index (χ1n) is 9.12. The Kier molecular flexibility index (Phi) is 3.04. The Morgan fingerprint density at radius 1 is 1.13 bits per heavy atom. The van der Waals surface area contributed by atoms with Gasteiger partial charge >= 0.3 is 11.9 Å². The van der Waals surface area contributed by atoms with E-state index in [0.717, 1.165) is 25.7 Å². The van der Waals surface area contributed by atoms with Gasteiger partial charge in [0.15, 0.2) is 0 Å². The van der Waals surface area contributed by atoms with E-state index in [2.05, 4.69) is 20.8 Å². The van der Waals surface area contributed by atoms with Crippen LogP contribution in [0.2, 0.25) is 0 Å². The molecule has 4 fully saturated rings. The molecule has 2 bridgehead atoms. The first-order valence-corrected chi connectivity index (χ1v) is 9.12. The summed E-state index contributed by atoms with van der Waals surface area (Å²) in [6.45, 7) is 6.95. The first kappa shape index (κ1) is 15.5. The van der Waals surface area contributed by atoms with E-state index in [-0.39, 0.29) is 23.7 Å². The van der Waals surface area contributed by atoms with Crippen LogP contribution in [0, 0.1) is 34.5 Å². The molecule has 0 aromatic heterocycles. The maximum Gasteiger partial charge on any atom is 0.307 e. The van der Waals surface area contributed by atoms with Gasteiger partial charge in [0.2, 0.25) is 0 Å². The molecule has 4 heteroatoms. The van der Waals surface area contributed by atoms with Crippen LogP contribution in [0.15, 0.2) is 0 Å². The normalized spacial score (nSPS) is 50.7. The van der Waals surface area contributed by atoms with E-state index >= 15 is 0 Å². The summed E-state index contributed by atoms with van der Waals surface area (Å²) >= 11 is 0. The van der Waals surface area contributed by atoms with Crippen molar-refractivity contribution in [2.75, 3.05) is 0 Å². The molecule has 0 aromatic rings. The zero-order valence-corrected chi connectivity index (χ0v) is 14.4. The molecule has 3 aliphatic carbocycles. The van der Waals surface area contributed by atoms with E-state index in [4.69, 9.17) is 4.74 Å². The summed E-state index contributed by atoms with van der Waals surface area (Å²) in [5.74, 6) is -0.728. The van der Waals surface area contributed by atoms with Crippen molar-refractivity contribution in [3.63, 3.8) is 0 Å². The summed E-state index contributed by atoms with van der Waals surface area (Å²) in [6.07, 6.45) is 6.32. The summed E-state index contributed by atoms with van der Waals surface area (Å²) in [7, 11) is 0. The molecule has 0 aromatic carbocycles. The van der Waals surface area contributed by atoms with Crippen molar-refractivity contribution in [1.82, 2.24) is 0 Å². The number of fused-ring (bicyclic) bond motifs is 2. The van der Waals surface area contributed by atoms with Crippen molar-refractivity contribution >= 4 is 11.9 Å². The first-order chi connectivity index (χ1) is 10.7. The third kappa shape index (κ3) is 2.02. The molecule has 5 unspecified atom stereocenters. The standard InChI is InChI=1S/C19H28O4/c1-17(2)9-14-13(17)5-7-18(3)6-4-12-11(16(21)22)8-15(20)23-19(12,14)10-18/h11-14H,4-10H2,1-3H3,(H,21,22)/t11?,12?,13?,14?,18?,19-/m0/s1. The Bertz CT molecular complexity index is 568. The van der Waals surface area contributed by atoms with E-state index in [1.165, 1.54) is 12.8 Å². The number of esters is 1. The highest BCUT2D eigenvalue weighted by Gasteiger charge is 2.68. The second-order valence-corrected chi connectivity index (χ2v) is 9.65. The molecule has 1 heterocycles. The number of carboxylic acids is 1. The Morgan fingerprint density at radius 3 is 2.39 bits per heavy atom. The third-order valence-corrected chi connectivity index (χ3v) is 7.80. The number of carbonyl (C=O) groups excluding carboxylic acids is 1. The van der Waals surface area contributed by atoms with Crippen LogP contribution in [-0.4, -0.2) is 22.6 Å². The van der Waals surface area contributed by atoms with Crippen LogP contribution in [0.1, 0.15) is 65.7 Å². The fourth-order valence-electron chi connectivity index (χ4n) is 6.67. The Morgan fingerprint density at radius 2 is 1.78 bits per heavy atom. The van der Waals surface area contributed by atoms with Crippen LogP contribution in [0.25, 0.3) is 0 Å². The van der Waals surface area contributed by atoms with E-state index < -0.39 is 17.5 Å². The molecule has 1 aliphatic heterocycles. The van der Waals surface area contributed by atoms with Gasteiger partial charge in [-0.2, -0.15) is 0 Å². The zero-order valence-electron chi connectivity index (χ0n) is 14.4. The molecule has 4 rings (SSSR count). The molecule has 4 nitrogen and oxygen atoms in total. The lowest BCUT2D eigenvalue weighted by atomic mass is 9.46. The number of aliphatic carboxylic acids is 1. The predicted octanol–water partition coefficient (Wildman–Crippen LogP) is 3.64. The van der Waals surface area contributed by atoms with Gasteiger partial charge in [-0.1, -0.05) is 20.8 Å². The average molecular weight is 320 g/mol. The van der Waals surface area contributed by atoms with Gasteiger partial charge in [-0.15, -0.1) is 0 Å². The van der Waals surface area contributed by atoms with Crippen molar-refractivity contribution < 1.29 is 19.4 Å². The zero-order chi connectivity index (χ0) is 16.6. The number of ether oxygens (including phenoxy) is 1. The third-order valence-electron chi connectivity index (χ3n) is 7.80. The second-order valence-electron chi connectivity index (χ2n) is 9.65. The molecule has 23 heavy (non-hydrogen) atoms. The Balaban J connectivity index is 1.80. The highest BCUT2D eigenvalue weighted by Crippen LogP contribution is 2.68. The number of rotatable bonds is 1. The summed E-state index contributed by atoms with van der Waals surface area (Å²) in [5.41, 5.74) is -0.0208. The van der Waals surface area contributed by atoms with Crippen molar-refractivity contribution in [2.24, 2.45) is 34.5 Å². The minimum absolute atomic E-state index is 0.00692. The van der Waals surface area contributed by atoms with E-state index in [1.807, 2.05) is 0 Å². The van der Waals surface area contributed by atoms with Crippen LogP contribution < -0.4 is 0 Å². The van der Waals surface area contributed by atoms with Crippen molar-refractivity contribution in [3.8, 4) is 0 Å². The van der Waals surface area contributed by atoms with E-state index in [0.29, 0.717) is 17.3 Å². The lowest BCUT2D eigenvalue weighted by molar-refractivity contribution is -0.242. The largest absolute Gasteiger partial charge is 0.481 e. The predicted molar refractivity (Wildman–Crippen MR) is 84.6 cm³/mol. The van der Waals surface area contributed by atoms with Crippen LogP contribution in [0.5, 0.6) is 0 Å². The quantitative estimate of drug-likeness (QED) is 0.749.